The van der Waals surface area contributed by atoms with Crippen molar-refractivity contribution >= 4 is 11.8 Å². The monoisotopic (exact) mass is 292 g/mol. The molecule has 0 aromatic heterocycles. The molecule has 2 atom stereocenters. The molecule has 114 valence electrons. The summed E-state index contributed by atoms with van der Waals surface area (Å²) < 4.78 is 18.8. The van der Waals surface area contributed by atoms with Gasteiger partial charge in [-0.1, -0.05) is 6.07 Å². The van der Waals surface area contributed by atoms with E-state index in [1.54, 1.807) is 12.1 Å². The zero-order valence-corrected chi connectivity index (χ0v) is 12.7. The van der Waals surface area contributed by atoms with Gasteiger partial charge in [-0.25, -0.2) is 9.18 Å². The van der Waals surface area contributed by atoms with E-state index in [2.05, 4.69) is 4.90 Å². The molecule has 0 aliphatic carbocycles. The largest absolute Gasteiger partial charge is 0.444 e. The highest BCUT2D eigenvalue weighted by Gasteiger charge is 2.46. The molecule has 4 nitrogen and oxygen atoms in total. The molecule has 1 aromatic rings. The highest BCUT2D eigenvalue weighted by Crippen LogP contribution is 2.35. The van der Waals surface area contributed by atoms with Crippen LogP contribution < -0.4 is 4.90 Å². The average Bonchev–Trinajstić information content (AvgIpc) is 2.96. The summed E-state index contributed by atoms with van der Waals surface area (Å²) in [6, 6.07) is 7.06. The average molecular weight is 292 g/mol. The number of benzene rings is 1. The van der Waals surface area contributed by atoms with Gasteiger partial charge in [-0.15, -0.1) is 0 Å². The number of halogens is 1. The quantitative estimate of drug-likeness (QED) is 0.797. The molecular weight excluding hydrogens is 271 g/mol. The van der Waals surface area contributed by atoms with Crippen LogP contribution in [0.3, 0.4) is 0 Å². The van der Waals surface area contributed by atoms with Gasteiger partial charge < -0.3 is 14.5 Å². The molecule has 0 unspecified atom stereocenters. The zero-order chi connectivity index (χ0) is 15.2. The van der Waals surface area contributed by atoms with Crippen molar-refractivity contribution in [1.29, 1.82) is 0 Å². The highest BCUT2D eigenvalue weighted by molar-refractivity contribution is 5.70. The zero-order valence-electron chi connectivity index (χ0n) is 12.7. The van der Waals surface area contributed by atoms with Crippen molar-refractivity contribution in [2.24, 2.45) is 0 Å². The van der Waals surface area contributed by atoms with Gasteiger partial charge in [-0.2, -0.15) is 0 Å². The lowest BCUT2D eigenvalue weighted by atomic mass is 10.2. The molecule has 5 heteroatoms. The van der Waals surface area contributed by atoms with Gasteiger partial charge in [0.1, 0.15) is 11.4 Å². The smallest absolute Gasteiger partial charge is 0.410 e. The second kappa shape index (κ2) is 4.90. The lowest BCUT2D eigenvalue weighted by molar-refractivity contribution is 0.0214. The summed E-state index contributed by atoms with van der Waals surface area (Å²) in [6.07, 6.45) is 0.685. The minimum Gasteiger partial charge on any atom is -0.444 e. The standard InChI is InChI=1S/C16H21FN2O2/c1-16(2,3)21-15(20)19-10-13-8-14(19)9-18(13)12-6-4-5-11(17)7-12/h4-7,13-14H,8-10H2,1-3H3/t13-,14-/m1/s1. The van der Waals surface area contributed by atoms with Crippen molar-refractivity contribution in [1.82, 2.24) is 4.90 Å². The molecule has 0 spiro atoms. The van der Waals surface area contributed by atoms with Crippen LogP contribution in [0, 0.1) is 5.82 Å². The maximum absolute atomic E-state index is 13.3. The van der Waals surface area contributed by atoms with Gasteiger partial charge >= 0.3 is 6.09 Å². The number of rotatable bonds is 1. The number of piperazine rings is 1. The Bertz CT molecular complexity index is 555. The first-order valence-electron chi connectivity index (χ1n) is 7.35. The molecule has 0 radical (unpaired) electrons. The summed E-state index contributed by atoms with van der Waals surface area (Å²) in [6.45, 7) is 7.01. The molecule has 21 heavy (non-hydrogen) atoms. The Morgan fingerprint density at radius 2 is 2.05 bits per heavy atom. The normalized spacial score (nSPS) is 24.6. The maximum atomic E-state index is 13.3. The molecular formula is C16H21FN2O2. The molecule has 3 rings (SSSR count). The Kier molecular flexibility index (Phi) is 3.30. The fraction of sp³-hybridized carbons (Fsp3) is 0.562. The Hall–Kier alpha value is -1.78. The molecule has 0 N–H and O–H groups in total. The first-order valence-corrected chi connectivity index (χ1v) is 7.35. The van der Waals surface area contributed by atoms with Gasteiger partial charge in [0.15, 0.2) is 0 Å². The van der Waals surface area contributed by atoms with Crippen LogP contribution in [0.5, 0.6) is 0 Å². The van der Waals surface area contributed by atoms with Crippen molar-refractivity contribution in [3.05, 3.63) is 30.1 Å². The third-order valence-corrected chi connectivity index (χ3v) is 4.01. The summed E-state index contributed by atoms with van der Waals surface area (Å²) in [7, 11) is 0. The van der Waals surface area contributed by atoms with Crippen LogP contribution in [0.2, 0.25) is 0 Å². The van der Waals surface area contributed by atoms with Crippen molar-refractivity contribution in [3.63, 3.8) is 0 Å². The first kappa shape index (κ1) is 14.2. The van der Waals surface area contributed by atoms with Gasteiger partial charge in [0.05, 0.1) is 6.04 Å². The fourth-order valence-corrected chi connectivity index (χ4v) is 3.18. The van der Waals surface area contributed by atoms with Gasteiger partial charge in [-0.05, 0) is 45.4 Å². The van der Waals surface area contributed by atoms with Crippen LogP contribution in [0.4, 0.5) is 14.9 Å². The number of amides is 1. The van der Waals surface area contributed by atoms with E-state index in [-0.39, 0.29) is 24.0 Å². The summed E-state index contributed by atoms with van der Waals surface area (Å²) in [4.78, 5) is 16.2. The Labute approximate surface area is 124 Å². The van der Waals surface area contributed by atoms with Crippen LogP contribution in [0.15, 0.2) is 24.3 Å². The molecule has 1 aromatic carbocycles. The Morgan fingerprint density at radius 3 is 2.62 bits per heavy atom. The van der Waals surface area contributed by atoms with Gasteiger partial charge in [-0.3, -0.25) is 0 Å². The number of fused-ring (bicyclic) bond motifs is 2. The number of nitrogens with zero attached hydrogens (tertiary/aromatic N) is 2. The lowest BCUT2D eigenvalue weighted by Crippen LogP contribution is -2.50. The molecule has 2 aliphatic rings. The minimum absolute atomic E-state index is 0.160. The topological polar surface area (TPSA) is 32.8 Å². The van der Waals surface area contributed by atoms with Crippen molar-refractivity contribution in [2.45, 2.75) is 44.9 Å². The summed E-state index contributed by atoms with van der Waals surface area (Å²) >= 11 is 0. The molecule has 0 saturated carbocycles. The molecule has 2 bridgehead atoms. The number of likely N-dealkylation sites (tertiary alicyclic amines) is 1. The molecule has 2 fully saturated rings. The van der Waals surface area contributed by atoms with Crippen LogP contribution in [-0.4, -0.2) is 41.8 Å². The van der Waals surface area contributed by atoms with Crippen LogP contribution >= 0.6 is 0 Å². The summed E-state index contributed by atoms with van der Waals surface area (Å²) in [5.74, 6) is -0.223. The molecule has 1 amide bonds. The maximum Gasteiger partial charge on any atom is 0.410 e. The Morgan fingerprint density at radius 1 is 1.29 bits per heavy atom. The van der Waals surface area contributed by atoms with Gasteiger partial charge in [0.2, 0.25) is 0 Å². The van der Waals surface area contributed by atoms with Crippen molar-refractivity contribution in [2.75, 3.05) is 18.0 Å². The third-order valence-electron chi connectivity index (χ3n) is 4.01. The number of hydrogen-bond donors (Lipinski definition) is 0. The lowest BCUT2D eigenvalue weighted by Gasteiger charge is -2.36. The van der Waals surface area contributed by atoms with Crippen LogP contribution in [0.1, 0.15) is 27.2 Å². The van der Waals surface area contributed by atoms with E-state index < -0.39 is 5.60 Å². The van der Waals surface area contributed by atoms with E-state index in [1.165, 1.54) is 6.07 Å². The van der Waals surface area contributed by atoms with E-state index >= 15 is 0 Å². The second-order valence-corrected chi connectivity index (χ2v) is 6.81. The van der Waals surface area contributed by atoms with Crippen LogP contribution in [-0.2, 0) is 4.74 Å². The van der Waals surface area contributed by atoms with Gasteiger partial charge in [0.25, 0.3) is 0 Å². The van der Waals surface area contributed by atoms with E-state index in [1.807, 2.05) is 31.7 Å². The first-order chi connectivity index (χ1) is 9.83. The van der Waals surface area contributed by atoms with E-state index in [0.29, 0.717) is 6.54 Å². The second-order valence-electron chi connectivity index (χ2n) is 6.81. The summed E-state index contributed by atoms with van der Waals surface area (Å²) in [5.41, 5.74) is 0.424. The van der Waals surface area contributed by atoms with Crippen LogP contribution in [0.25, 0.3) is 0 Å². The Balaban J connectivity index is 1.68. The number of anilines is 1. The molecule has 2 heterocycles. The predicted octanol–water partition coefficient (Wildman–Crippen LogP) is 3.02. The van der Waals surface area contributed by atoms with Crippen molar-refractivity contribution < 1.29 is 13.9 Å². The molecule has 2 saturated heterocycles. The van der Waals surface area contributed by atoms with E-state index in [0.717, 1.165) is 18.7 Å². The third kappa shape index (κ3) is 2.82. The minimum atomic E-state index is -0.471. The van der Waals surface area contributed by atoms with Gasteiger partial charge in [0, 0.05) is 24.8 Å². The summed E-state index contributed by atoms with van der Waals surface area (Å²) in [5, 5.41) is 0. The predicted molar refractivity (Wildman–Crippen MR) is 78.9 cm³/mol. The highest BCUT2D eigenvalue weighted by atomic mass is 19.1. The van der Waals surface area contributed by atoms with Crippen molar-refractivity contribution in [3.8, 4) is 0 Å². The number of ether oxygens (including phenoxy) is 1. The SMILES string of the molecule is CC(C)(C)OC(=O)N1C[C@H]2C[C@@H]1CN2c1cccc(F)c1. The van der Waals surface area contributed by atoms with E-state index in [9.17, 15) is 9.18 Å². The number of carbonyl (C=O) groups is 1. The fourth-order valence-electron chi connectivity index (χ4n) is 3.18. The number of carbonyl (C=O) groups excluding carboxylic acids is 1. The molecule has 2 aliphatic heterocycles. The number of hydrogen-bond acceptors (Lipinski definition) is 3. The van der Waals surface area contributed by atoms with E-state index in [4.69, 9.17) is 4.74 Å².